The summed E-state index contributed by atoms with van der Waals surface area (Å²) in [6.07, 6.45) is 3.88. The molecule has 0 saturated heterocycles. The Morgan fingerprint density at radius 3 is 2.56 bits per heavy atom. The van der Waals surface area contributed by atoms with Crippen molar-refractivity contribution >= 4 is 15.9 Å². The molecular formula is C16H21BrO. The Morgan fingerprint density at radius 1 is 1.28 bits per heavy atom. The summed E-state index contributed by atoms with van der Waals surface area (Å²) in [5.41, 5.74) is 1.87. The molecule has 0 amide bonds. The van der Waals surface area contributed by atoms with Crippen LogP contribution >= 0.6 is 15.9 Å². The zero-order valence-corrected chi connectivity index (χ0v) is 12.9. The average molecular weight is 309 g/mol. The van der Waals surface area contributed by atoms with Crippen LogP contribution < -0.4 is 0 Å². The normalized spacial score (nSPS) is 37.1. The zero-order chi connectivity index (χ0) is 13.1. The number of rotatable bonds is 1. The first-order valence-electron chi connectivity index (χ1n) is 6.84. The molecule has 1 aromatic rings. The van der Waals surface area contributed by atoms with Gasteiger partial charge < -0.3 is 5.11 Å². The van der Waals surface area contributed by atoms with Gasteiger partial charge in [-0.25, -0.2) is 0 Å². The molecule has 0 heterocycles. The predicted molar refractivity (Wildman–Crippen MR) is 77.8 cm³/mol. The van der Waals surface area contributed by atoms with Gasteiger partial charge in [0, 0.05) is 4.47 Å². The number of phenolic OH excluding ortho intramolecular Hbond substituents is 1. The monoisotopic (exact) mass is 308 g/mol. The number of hydrogen-bond acceptors (Lipinski definition) is 1. The Kier molecular flexibility index (Phi) is 2.61. The molecule has 2 aliphatic rings. The Hall–Kier alpha value is -0.500. The van der Waals surface area contributed by atoms with Crippen molar-refractivity contribution in [3.63, 3.8) is 0 Å². The Bertz CT molecular complexity index is 494. The summed E-state index contributed by atoms with van der Waals surface area (Å²) >= 11 is 3.53. The highest BCUT2D eigenvalue weighted by molar-refractivity contribution is 9.10. The van der Waals surface area contributed by atoms with Crippen molar-refractivity contribution in [1.82, 2.24) is 0 Å². The lowest BCUT2D eigenvalue weighted by Crippen LogP contribution is -2.31. The zero-order valence-electron chi connectivity index (χ0n) is 11.3. The van der Waals surface area contributed by atoms with Crippen molar-refractivity contribution in [2.45, 2.75) is 46.0 Å². The molecule has 0 spiro atoms. The molecule has 1 N–H and O–H groups in total. The summed E-state index contributed by atoms with van der Waals surface area (Å²) in [6, 6.07) is 5.85. The molecule has 98 valence electrons. The van der Waals surface area contributed by atoms with E-state index in [1.165, 1.54) is 19.3 Å². The fraction of sp³-hybridized carbons (Fsp3) is 0.625. The van der Waals surface area contributed by atoms with Gasteiger partial charge >= 0.3 is 0 Å². The van der Waals surface area contributed by atoms with Crippen LogP contribution in [-0.2, 0) is 0 Å². The van der Waals surface area contributed by atoms with Gasteiger partial charge in [-0.3, -0.25) is 0 Å². The van der Waals surface area contributed by atoms with Gasteiger partial charge in [0.25, 0.3) is 0 Å². The molecule has 0 aliphatic heterocycles. The van der Waals surface area contributed by atoms with Gasteiger partial charge in [0.05, 0.1) is 0 Å². The minimum Gasteiger partial charge on any atom is -0.508 e. The summed E-state index contributed by atoms with van der Waals surface area (Å²) in [5, 5.41) is 10.2. The van der Waals surface area contributed by atoms with Gasteiger partial charge in [0.15, 0.2) is 0 Å². The van der Waals surface area contributed by atoms with Crippen molar-refractivity contribution in [2.24, 2.45) is 16.7 Å². The molecule has 2 heteroatoms. The highest BCUT2D eigenvalue weighted by Gasteiger charge is 2.61. The first kappa shape index (κ1) is 12.5. The molecule has 0 radical (unpaired) electrons. The third kappa shape index (κ3) is 1.44. The van der Waals surface area contributed by atoms with Crippen molar-refractivity contribution < 1.29 is 5.11 Å². The van der Waals surface area contributed by atoms with Gasteiger partial charge in [0.1, 0.15) is 5.75 Å². The Labute approximate surface area is 118 Å². The van der Waals surface area contributed by atoms with E-state index in [-0.39, 0.29) is 0 Å². The molecule has 2 aliphatic carbocycles. The highest BCUT2D eigenvalue weighted by Crippen LogP contribution is 2.71. The van der Waals surface area contributed by atoms with Crippen molar-refractivity contribution in [2.75, 3.05) is 0 Å². The molecule has 2 fully saturated rings. The molecule has 1 nitrogen and oxygen atoms in total. The van der Waals surface area contributed by atoms with E-state index in [4.69, 9.17) is 0 Å². The third-order valence-corrected chi connectivity index (χ3v) is 6.65. The van der Waals surface area contributed by atoms with Crippen molar-refractivity contribution in [3.05, 3.63) is 28.2 Å². The third-order valence-electron chi connectivity index (χ3n) is 6.16. The van der Waals surface area contributed by atoms with E-state index < -0.39 is 0 Å². The van der Waals surface area contributed by atoms with Gasteiger partial charge in [-0.05, 0) is 65.7 Å². The lowest BCUT2D eigenvalue weighted by Gasteiger charge is -2.39. The second-order valence-corrected chi connectivity index (χ2v) is 7.78. The first-order chi connectivity index (χ1) is 8.36. The first-order valence-corrected chi connectivity index (χ1v) is 7.64. The van der Waals surface area contributed by atoms with Crippen molar-refractivity contribution in [1.29, 1.82) is 0 Å². The summed E-state index contributed by atoms with van der Waals surface area (Å²) in [5.74, 6) is 1.78. The topological polar surface area (TPSA) is 20.2 Å². The van der Waals surface area contributed by atoms with Crippen LogP contribution in [0.5, 0.6) is 5.75 Å². The van der Waals surface area contributed by atoms with E-state index >= 15 is 0 Å². The number of aromatic hydroxyl groups is 1. The van der Waals surface area contributed by atoms with E-state index in [1.54, 1.807) is 0 Å². The van der Waals surface area contributed by atoms with Gasteiger partial charge in [-0.1, -0.05) is 36.7 Å². The average Bonchev–Trinajstić information content (AvgIpc) is 2.64. The van der Waals surface area contributed by atoms with Crippen LogP contribution in [0.2, 0.25) is 0 Å². The van der Waals surface area contributed by atoms with Crippen LogP contribution in [0.4, 0.5) is 0 Å². The Morgan fingerprint density at radius 2 is 2.00 bits per heavy atom. The van der Waals surface area contributed by atoms with Gasteiger partial charge in [0.2, 0.25) is 0 Å². The van der Waals surface area contributed by atoms with Crippen LogP contribution in [0.1, 0.15) is 51.5 Å². The fourth-order valence-electron chi connectivity index (χ4n) is 4.48. The number of halogens is 1. The summed E-state index contributed by atoms with van der Waals surface area (Å²) in [6.45, 7) is 7.25. The fourth-order valence-corrected chi connectivity index (χ4v) is 4.86. The molecule has 3 atom stereocenters. The number of fused-ring (bicyclic) bond motifs is 2. The molecular weight excluding hydrogens is 288 g/mol. The van der Waals surface area contributed by atoms with Gasteiger partial charge in [-0.2, -0.15) is 0 Å². The van der Waals surface area contributed by atoms with E-state index in [1.807, 2.05) is 12.1 Å². The van der Waals surface area contributed by atoms with Gasteiger partial charge in [-0.15, -0.1) is 0 Å². The van der Waals surface area contributed by atoms with E-state index in [0.717, 1.165) is 16.0 Å². The summed E-state index contributed by atoms with van der Waals surface area (Å²) in [4.78, 5) is 0. The second-order valence-electron chi connectivity index (χ2n) is 6.87. The molecule has 3 unspecified atom stereocenters. The Balaban J connectivity index is 2.07. The smallest absolute Gasteiger partial charge is 0.119 e. The van der Waals surface area contributed by atoms with Crippen LogP contribution in [0.15, 0.2) is 22.7 Å². The molecule has 2 bridgehead atoms. The summed E-state index contributed by atoms with van der Waals surface area (Å²) < 4.78 is 1.07. The van der Waals surface area contributed by atoms with Crippen LogP contribution in [0, 0.1) is 16.7 Å². The van der Waals surface area contributed by atoms with Crippen LogP contribution in [0.3, 0.4) is 0 Å². The SMILES string of the molecule is CC1(C)C2CCC1(C)C(c1cc(Br)ccc1O)C2. The van der Waals surface area contributed by atoms with Crippen molar-refractivity contribution in [3.8, 4) is 5.75 Å². The van der Waals surface area contributed by atoms with E-state index in [2.05, 4.69) is 42.8 Å². The van der Waals surface area contributed by atoms with E-state index in [0.29, 0.717) is 22.5 Å². The maximum Gasteiger partial charge on any atom is 0.119 e. The molecule has 18 heavy (non-hydrogen) atoms. The number of benzene rings is 1. The minimum absolute atomic E-state index is 0.329. The van der Waals surface area contributed by atoms with Crippen LogP contribution in [-0.4, -0.2) is 5.11 Å². The molecule has 0 aromatic heterocycles. The second kappa shape index (κ2) is 3.75. The maximum absolute atomic E-state index is 10.2. The lowest BCUT2D eigenvalue weighted by atomic mass is 9.65. The molecule has 2 saturated carbocycles. The molecule has 1 aromatic carbocycles. The minimum atomic E-state index is 0.329. The number of hydrogen-bond donors (Lipinski definition) is 1. The predicted octanol–water partition coefficient (Wildman–Crippen LogP) is 5.08. The highest BCUT2D eigenvalue weighted by atomic mass is 79.9. The van der Waals surface area contributed by atoms with Crippen LogP contribution in [0.25, 0.3) is 0 Å². The maximum atomic E-state index is 10.2. The quantitative estimate of drug-likeness (QED) is 0.766. The standard InChI is InChI=1S/C16H21BrO/c1-15(2)10-6-7-16(15,3)13(8-10)12-9-11(17)4-5-14(12)18/h4-5,9-10,13,18H,6-8H2,1-3H3. The van der Waals surface area contributed by atoms with E-state index in [9.17, 15) is 5.11 Å². The number of phenols is 1. The molecule has 3 rings (SSSR count). The largest absolute Gasteiger partial charge is 0.508 e. The summed E-state index contributed by atoms with van der Waals surface area (Å²) in [7, 11) is 0. The lowest BCUT2D eigenvalue weighted by molar-refractivity contribution is 0.133.